The van der Waals surface area contributed by atoms with Gasteiger partial charge in [0, 0.05) is 24.1 Å². The number of nitrogens with one attached hydrogen (secondary N) is 1. The number of nitrogens with zero attached hydrogens (tertiary/aromatic N) is 1. The molecule has 0 spiro atoms. The first-order chi connectivity index (χ1) is 8.93. The zero-order chi connectivity index (χ0) is 14.0. The summed E-state index contributed by atoms with van der Waals surface area (Å²) in [7, 11) is 1.03. The van der Waals surface area contributed by atoms with Crippen LogP contribution in [-0.2, 0) is 16.4 Å². The molecule has 1 unspecified atom stereocenters. The molecule has 0 radical (unpaired) electrons. The monoisotopic (exact) mass is 346 g/mol. The number of anilines is 1. The highest BCUT2D eigenvalue weighted by atomic mass is 79.9. The van der Waals surface area contributed by atoms with Crippen LogP contribution in [0.5, 0.6) is 0 Å². The summed E-state index contributed by atoms with van der Waals surface area (Å²) in [6.45, 7) is 0.820. The van der Waals surface area contributed by atoms with Crippen LogP contribution in [0.25, 0.3) is 0 Å². The van der Waals surface area contributed by atoms with Crippen LogP contribution in [0.1, 0.15) is 12.0 Å². The number of hydrogen-bond acceptors (Lipinski definition) is 4. The molecule has 19 heavy (non-hydrogen) atoms. The van der Waals surface area contributed by atoms with Crippen molar-refractivity contribution in [3.05, 3.63) is 28.2 Å². The van der Waals surface area contributed by atoms with Gasteiger partial charge in [-0.05, 0) is 47.1 Å². The summed E-state index contributed by atoms with van der Waals surface area (Å²) in [5.41, 5.74) is 2.24. The molecular weight excluding hydrogens is 328 g/mol. The highest BCUT2D eigenvalue weighted by Gasteiger charge is 2.31. The molecule has 1 aromatic carbocycles. The Bertz CT molecular complexity index is 560. The minimum Gasteiger partial charge on any atom is -0.370 e. The Morgan fingerprint density at radius 1 is 1.47 bits per heavy atom. The second-order valence-corrected chi connectivity index (χ2v) is 8.07. The van der Waals surface area contributed by atoms with Gasteiger partial charge < -0.3 is 10.2 Å². The van der Waals surface area contributed by atoms with Crippen molar-refractivity contribution >= 4 is 31.5 Å². The minimum atomic E-state index is -2.85. The molecule has 0 aromatic heterocycles. The molecular formula is C13H19BrN2O2S. The number of halogens is 1. The fourth-order valence-corrected chi connectivity index (χ4v) is 4.91. The van der Waals surface area contributed by atoms with E-state index in [9.17, 15) is 8.42 Å². The molecule has 1 N–H and O–H groups in total. The lowest BCUT2D eigenvalue weighted by molar-refractivity contribution is 0.601. The Morgan fingerprint density at radius 2 is 2.21 bits per heavy atom. The Kier molecular flexibility index (Phi) is 4.53. The number of sulfone groups is 1. The van der Waals surface area contributed by atoms with Gasteiger partial charge in [-0.2, -0.15) is 0 Å². The van der Waals surface area contributed by atoms with Crippen molar-refractivity contribution in [1.82, 2.24) is 5.32 Å². The van der Waals surface area contributed by atoms with Crippen LogP contribution in [0.15, 0.2) is 22.7 Å². The zero-order valence-corrected chi connectivity index (χ0v) is 13.6. The van der Waals surface area contributed by atoms with Crippen molar-refractivity contribution in [2.75, 3.05) is 30.5 Å². The largest absolute Gasteiger partial charge is 0.370 e. The van der Waals surface area contributed by atoms with E-state index in [-0.39, 0.29) is 11.8 Å². The van der Waals surface area contributed by atoms with Crippen LogP contribution < -0.4 is 10.2 Å². The zero-order valence-electron chi connectivity index (χ0n) is 11.2. The van der Waals surface area contributed by atoms with Crippen molar-refractivity contribution in [1.29, 1.82) is 0 Å². The molecule has 6 heteroatoms. The standard InChI is InChI=1S/C13H19BrN2O2S/c1-15-8-10-3-4-13(12(14)7-10)16(2)11-5-6-19(17,18)9-11/h3-4,7,11,15H,5-6,8-9H2,1-2H3. The molecule has 1 aliphatic heterocycles. The van der Waals surface area contributed by atoms with Gasteiger partial charge in [0.1, 0.15) is 0 Å². The summed E-state index contributed by atoms with van der Waals surface area (Å²) in [6, 6.07) is 6.26. The van der Waals surface area contributed by atoms with E-state index in [1.54, 1.807) is 0 Å². The summed E-state index contributed by atoms with van der Waals surface area (Å²) >= 11 is 3.57. The third kappa shape index (κ3) is 3.49. The van der Waals surface area contributed by atoms with Crippen molar-refractivity contribution in [2.45, 2.75) is 19.0 Å². The summed E-state index contributed by atoms with van der Waals surface area (Å²) in [4.78, 5) is 2.07. The molecule has 0 aliphatic carbocycles. The smallest absolute Gasteiger partial charge is 0.152 e. The topological polar surface area (TPSA) is 49.4 Å². The fourth-order valence-electron chi connectivity index (χ4n) is 2.43. The first-order valence-electron chi connectivity index (χ1n) is 6.29. The summed E-state index contributed by atoms with van der Waals surface area (Å²) < 4.78 is 24.1. The molecule has 2 rings (SSSR count). The summed E-state index contributed by atoms with van der Waals surface area (Å²) in [6.07, 6.45) is 0.712. The molecule has 1 atom stereocenters. The predicted molar refractivity (Wildman–Crippen MR) is 82.4 cm³/mol. The average molecular weight is 347 g/mol. The lowest BCUT2D eigenvalue weighted by atomic mass is 10.1. The van der Waals surface area contributed by atoms with E-state index in [2.05, 4.69) is 38.3 Å². The van der Waals surface area contributed by atoms with Gasteiger partial charge in [0.05, 0.1) is 17.2 Å². The van der Waals surface area contributed by atoms with Gasteiger partial charge >= 0.3 is 0 Å². The van der Waals surface area contributed by atoms with Crippen molar-refractivity contribution in [2.24, 2.45) is 0 Å². The average Bonchev–Trinajstić information content (AvgIpc) is 2.70. The van der Waals surface area contributed by atoms with Crippen LogP contribution in [0.4, 0.5) is 5.69 Å². The minimum absolute atomic E-state index is 0.0800. The van der Waals surface area contributed by atoms with Gasteiger partial charge in [0.2, 0.25) is 0 Å². The Morgan fingerprint density at radius 3 is 2.74 bits per heavy atom. The van der Waals surface area contributed by atoms with Crippen molar-refractivity contribution < 1.29 is 8.42 Å². The lowest BCUT2D eigenvalue weighted by Crippen LogP contribution is -2.32. The molecule has 0 saturated carbocycles. The van der Waals surface area contributed by atoms with Crippen molar-refractivity contribution in [3.63, 3.8) is 0 Å². The van der Waals surface area contributed by atoms with E-state index >= 15 is 0 Å². The first kappa shape index (κ1) is 14.8. The molecule has 1 heterocycles. The molecule has 1 aromatic rings. The van der Waals surface area contributed by atoms with Crippen LogP contribution >= 0.6 is 15.9 Å². The van der Waals surface area contributed by atoms with Crippen LogP contribution in [0.3, 0.4) is 0 Å². The molecule has 1 aliphatic rings. The molecule has 1 fully saturated rings. The number of hydrogen-bond donors (Lipinski definition) is 1. The highest BCUT2D eigenvalue weighted by molar-refractivity contribution is 9.10. The van der Waals surface area contributed by atoms with Gasteiger partial charge in [0.15, 0.2) is 9.84 Å². The SMILES string of the molecule is CNCc1ccc(N(C)C2CCS(=O)(=O)C2)c(Br)c1. The number of rotatable bonds is 4. The summed E-state index contributed by atoms with van der Waals surface area (Å²) in [5.74, 6) is 0.561. The second-order valence-electron chi connectivity index (χ2n) is 4.98. The number of benzene rings is 1. The van der Waals surface area contributed by atoms with Crippen molar-refractivity contribution in [3.8, 4) is 0 Å². The maximum atomic E-state index is 11.6. The van der Waals surface area contributed by atoms with Gasteiger partial charge in [-0.15, -0.1) is 0 Å². The van der Waals surface area contributed by atoms with E-state index in [0.717, 1.165) is 16.7 Å². The predicted octanol–water partition coefficient (Wildman–Crippen LogP) is 1.79. The molecule has 0 amide bonds. The van der Waals surface area contributed by atoms with Crippen LogP contribution in [-0.4, -0.2) is 40.1 Å². The highest BCUT2D eigenvalue weighted by Crippen LogP contribution is 2.30. The molecule has 1 saturated heterocycles. The fraction of sp³-hybridized carbons (Fsp3) is 0.538. The Hall–Kier alpha value is -0.590. The van der Waals surface area contributed by atoms with Crippen LogP contribution in [0.2, 0.25) is 0 Å². The van der Waals surface area contributed by atoms with E-state index in [1.165, 1.54) is 5.56 Å². The second kappa shape index (κ2) is 5.81. The van der Waals surface area contributed by atoms with Gasteiger partial charge in [0.25, 0.3) is 0 Å². The van der Waals surface area contributed by atoms with E-state index in [0.29, 0.717) is 12.2 Å². The van der Waals surface area contributed by atoms with Gasteiger partial charge in [-0.3, -0.25) is 0 Å². The quantitative estimate of drug-likeness (QED) is 0.902. The third-order valence-corrected chi connectivity index (χ3v) is 5.91. The Balaban J connectivity index is 2.18. The molecule has 0 bridgehead atoms. The normalized spacial score (nSPS) is 21.5. The maximum absolute atomic E-state index is 11.6. The molecule has 4 nitrogen and oxygen atoms in total. The van der Waals surface area contributed by atoms with E-state index in [1.807, 2.05) is 20.2 Å². The molecule has 106 valence electrons. The Labute approximate surface area is 123 Å². The van der Waals surface area contributed by atoms with E-state index < -0.39 is 9.84 Å². The lowest BCUT2D eigenvalue weighted by Gasteiger charge is -2.27. The van der Waals surface area contributed by atoms with Gasteiger partial charge in [-0.25, -0.2) is 8.42 Å². The summed E-state index contributed by atoms with van der Waals surface area (Å²) in [5, 5.41) is 3.11. The van der Waals surface area contributed by atoms with E-state index in [4.69, 9.17) is 0 Å². The maximum Gasteiger partial charge on any atom is 0.152 e. The first-order valence-corrected chi connectivity index (χ1v) is 8.90. The third-order valence-electron chi connectivity index (χ3n) is 3.53. The van der Waals surface area contributed by atoms with Crippen LogP contribution in [0, 0.1) is 0 Å². The van der Waals surface area contributed by atoms with Gasteiger partial charge in [-0.1, -0.05) is 6.07 Å².